The van der Waals surface area contributed by atoms with Crippen molar-refractivity contribution in [3.63, 3.8) is 0 Å². The van der Waals surface area contributed by atoms with Crippen molar-refractivity contribution in [3.8, 4) is 0 Å². The van der Waals surface area contributed by atoms with Crippen molar-refractivity contribution in [2.24, 2.45) is 11.8 Å². The summed E-state index contributed by atoms with van der Waals surface area (Å²) in [6.45, 7) is 4.75. The molecule has 0 unspecified atom stereocenters. The van der Waals surface area contributed by atoms with E-state index in [1.807, 2.05) is 0 Å². The summed E-state index contributed by atoms with van der Waals surface area (Å²) < 4.78 is 139. The highest BCUT2D eigenvalue weighted by molar-refractivity contribution is 7.92. The summed E-state index contributed by atoms with van der Waals surface area (Å²) in [4.78, 5) is 19.3. The minimum atomic E-state index is -3.51. The summed E-state index contributed by atoms with van der Waals surface area (Å²) in [6, 6.07) is 9.21. The summed E-state index contributed by atoms with van der Waals surface area (Å²) in [7, 11) is -3.51. The van der Waals surface area contributed by atoms with Crippen LogP contribution < -0.4 is 10.0 Å². The van der Waals surface area contributed by atoms with Crippen LogP contribution in [0.15, 0.2) is 36.4 Å². The lowest BCUT2D eigenvalue weighted by atomic mass is 9.86. The highest BCUT2D eigenvalue weighted by Gasteiger charge is 2.39. The van der Waals surface area contributed by atoms with E-state index in [9.17, 15) is 48.3 Å². The van der Waals surface area contributed by atoms with E-state index >= 15 is 0 Å². The lowest BCUT2D eigenvalue weighted by Crippen LogP contribution is -2.28. The van der Waals surface area contributed by atoms with Crippen LogP contribution >= 0.6 is 0 Å². The maximum atomic E-state index is 14.1. The summed E-state index contributed by atoms with van der Waals surface area (Å²) in [6.07, 6.45) is 0.197. The number of carbonyl (C=O) groups is 1. The van der Waals surface area contributed by atoms with Gasteiger partial charge in [0, 0.05) is 65.2 Å². The number of halogens is 8. The fourth-order valence-corrected chi connectivity index (χ4v) is 7.61. The quantitative estimate of drug-likeness (QED) is 0.156. The Labute approximate surface area is 307 Å². The minimum absolute atomic E-state index is 0.0943. The molecule has 6 rings (SSSR count). The predicted molar refractivity (Wildman–Crippen MR) is 190 cm³/mol. The minimum Gasteiger partial charge on any atom is -0.326 e. The van der Waals surface area contributed by atoms with E-state index in [0.29, 0.717) is 35.1 Å². The molecular weight excluding hydrogens is 748 g/mol. The van der Waals surface area contributed by atoms with Crippen molar-refractivity contribution in [2.45, 2.75) is 116 Å². The first-order chi connectivity index (χ1) is 25.0. The molecule has 298 valence electrons. The third-order valence-corrected chi connectivity index (χ3v) is 11.1. The first-order valence-corrected chi connectivity index (χ1v) is 19.4. The highest BCUT2D eigenvalue weighted by Crippen LogP contribution is 2.40. The third kappa shape index (κ3) is 10.2. The molecule has 2 aromatic heterocycles. The van der Waals surface area contributed by atoms with E-state index in [0.717, 1.165) is 13.8 Å². The molecule has 2 N–H and O–H groups in total. The second-order valence-corrected chi connectivity index (χ2v) is 16.6. The maximum absolute atomic E-state index is 14.1. The van der Waals surface area contributed by atoms with Crippen molar-refractivity contribution in [2.75, 3.05) is 15.8 Å². The molecule has 0 aliphatic heterocycles. The Morgan fingerprint density at radius 2 is 1.15 bits per heavy atom. The smallest absolute Gasteiger partial charge is 0.302 e. The van der Waals surface area contributed by atoms with Gasteiger partial charge in [-0.1, -0.05) is 0 Å². The van der Waals surface area contributed by atoms with Crippen molar-refractivity contribution < 1.29 is 48.3 Å². The van der Waals surface area contributed by atoms with Gasteiger partial charge in [0.25, 0.3) is 0 Å². The molecule has 2 fully saturated rings. The average molecular weight is 793 g/mol. The third-order valence-electron chi connectivity index (χ3n) is 9.81. The Balaban J connectivity index is 0.000000208. The Bertz CT molecular complexity index is 2070. The summed E-state index contributed by atoms with van der Waals surface area (Å²) >= 11 is 0. The summed E-state index contributed by atoms with van der Waals surface area (Å²) in [5, 5.41) is 2.60. The molecule has 54 heavy (non-hydrogen) atoms. The van der Waals surface area contributed by atoms with Crippen molar-refractivity contribution in [1.82, 2.24) is 19.1 Å². The van der Waals surface area contributed by atoms with E-state index in [-0.39, 0.29) is 92.1 Å². The van der Waals surface area contributed by atoms with Gasteiger partial charge in [-0.2, -0.15) is 17.6 Å². The van der Waals surface area contributed by atoms with Crippen LogP contribution in [-0.2, 0) is 39.8 Å². The molecule has 0 bridgehead atoms. The predicted octanol–water partition coefficient (Wildman–Crippen LogP) is 9.67. The Hall–Kier alpha value is -3.96. The molecule has 0 spiro atoms. The number of aromatic nitrogens is 4. The largest absolute Gasteiger partial charge is 0.326 e. The molecule has 4 aromatic rings. The number of rotatable bonds is 10. The molecule has 1 amide bonds. The van der Waals surface area contributed by atoms with Gasteiger partial charge < -0.3 is 14.5 Å². The zero-order chi connectivity index (χ0) is 39.9. The van der Waals surface area contributed by atoms with Gasteiger partial charge >= 0.3 is 11.8 Å². The van der Waals surface area contributed by atoms with Gasteiger partial charge in [0.15, 0.2) is 11.6 Å². The number of imidazole rings is 2. The molecule has 0 saturated heterocycles. The van der Waals surface area contributed by atoms with Crippen LogP contribution in [0.25, 0.3) is 22.1 Å². The molecule has 2 aliphatic rings. The monoisotopic (exact) mass is 792 g/mol. The van der Waals surface area contributed by atoms with Crippen LogP contribution in [-0.4, -0.2) is 51.0 Å². The number of carbonyl (C=O) groups excluding carboxylic acids is 1. The molecule has 2 aliphatic carbocycles. The Morgan fingerprint density at radius 1 is 0.759 bits per heavy atom. The lowest BCUT2D eigenvalue weighted by molar-refractivity contribution is -0.114. The lowest BCUT2D eigenvalue weighted by Gasteiger charge is -2.29. The van der Waals surface area contributed by atoms with E-state index in [2.05, 4.69) is 20.0 Å². The van der Waals surface area contributed by atoms with E-state index < -0.39 is 39.5 Å². The second kappa shape index (κ2) is 15.3. The topological polar surface area (TPSA) is 111 Å². The van der Waals surface area contributed by atoms with Crippen LogP contribution in [0.1, 0.15) is 90.7 Å². The van der Waals surface area contributed by atoms with E-state index in [4.69, 9.17) is 0 Å². The number of fused-ring (bicyclic) bond motifs is 2. The Morgan fingerprint density at radius 3 is 1.52 bits per heavy atom. The molecule has 2 heterocycles. The second-order valence-electron chi connectivity index (χ2n) is 14.6. The number of amides is 1. The van der Waals surface area contributed by atoms with Crippen LogP contribution in [0.2, 0.25) is 0 Å². The SMILES string of the molecule is CC(=O)Nc1ccc2c(c1)nc(C(C)(F)F)n2CC1CCC(F)(F)CC1.CCS(=O)(=O)Nc1ccc2c(c1)nc(C(C)(F)F)n2CC1CCC(F)(F)CC1. The first kappa shape index (κ1) is 41.2. The standard InChI is InChI=1S/C18H23F4N3O2S.C18H21F4N3O/c1-3-28(26,27)24-13-4-5-15-14(10-13)23-16(17(2,19)20)25(15)11-12-6-8-18(21,22)9-7-12;1-11(26)23-13-3-4-15-14(9-13)24-16(17(2,19)20)25(15)10-12-5-7-18(21,22)8-6-12/h4-5,10,12,24H,3,6-9,11H2,1-2H3;3-4,9,12H,5-8,10H2,1-2H3,(H,23,26). The zero-order valence-electron chi connectivity index (χ0n) is 30.3. The Kier molecular flexibility index (Phi) is 11.7. The fraction of sp³-hybridized carbons (Fsp3) is 0.583. The number of hydrogen-bond donors (Lipinski definition) is 2. The van der Waals surface area contributed by atoms with Gasteiger partial charge in [0.05, 0.1) is 33.5 Å². The number of anilines is 2. The van der Waals surface area contributed by atoms with Gasteiger partial charge in [0.1, 0.15) is 0 Å². The number of sulfonamides is 1. The van der Waals surface area contributed by atoms with Crippen LogP contribution in [0, 0.1) is 11.8 Å². The van der Waals surface area contributed by atoms with Crippen LogP contribution in [0.3, 0.4) is 0 Å². The molecule has 18 heteroatoms. The fourth-order valence-electron chi connectivity index (χ4n) is 6.98. The molecular formula is C36H44F8N6O3S. The van der Waals surface area contributed by atoms with Crippen LogP contribution in [0.5, 0.6) is 0 Å². The highest BCUT2D eigenvalue weighted by atomic mass is 32.2. The van der Waals surface area contributed by atoms with Gasteiger partial charge in [-0.05, 0) is 80.8 Å². The van der Waals surface area contributed by atoms with Gasteiger partial charge in [-0.15, -0.1) is 0 Å². The molecule has 0 atom stereocenters. The van der Waals surface area contributed by atoms with Crippen molar-refractivity contribution >= 4 is 49.4 Å². The molecule has 2 aromatic carbocycles. The summed E-state index contributed by atoms with van der Waals surface area (Å²) in [5.41, 5.74) is 2.21. The summed E-state index contributed by atoms with van der Waals surface area (Å²) in [5.74, 6) is -13.2. The molecule has 0 radical (unpaired) electrons. The van der Waals surface area contributed by atoms with Crippen LogP contribution in [0.4, 0.5) is 46.5 Å². The maximum Gasteiger partial charge on any atom is 0.302 e. The number of hydrogen-bond acceptors (Lipinski definition) is 5. The number of benzene rings is 2. The van der Waals surface area contributed by atoms with Crippen molar-refractivity contribution in [1.29, 1.82) is 0 Å². The first-order valence-electron chi connectivity index (χ1n) is 17.8. The van der Waals surface area contributed by atoms with E-state index in [1.54, 1.807) is 12.1 Å². The average Bonchev–Trinajstić information content (AvgIpc) is 3.61. The zero-order valence-corrected chi connectivity index (χ0v) is 31.2. The van der Waals surface area contributed by atoms with Gasteiger partial charge in [-0.3, -0.25) is 9.52 Å². The number of alkyl halides is 8. The number of nitrogens with zero attached hydrogens (tertiary/aromatic N) is 4. The van der Waals surface area contributed by atoms with Gasteiger partial charge in [-0.25, -0.2) is 35.9 Å². The molecule has 2 saturated carbocycles. The molecule has 9 nitrogen and oxygen atoms in total. The van der Waals surface area contributed by atoms with Crippen molar-refractivity contribution in [3.05, 3.63) is 48.0 Å². The number of nitrogens with one attached hydrogen (secondary N) is 2. The van der Waals surface area contributed by atoms with Gasteiger partial charge in [0.2, 0.25) is 27.8 Å². The van der Waals surface area contributed by atoms with E-state index in [1.165, 1.54) is 47.2 Å². The normalized spacial score (nSPS) is 18.4.